The largest absolute Gasteiger partial charge is 0.306 e. The molecule has 10 aromatic carbocycles. The Morgan fingerprint density at radius 3 is 0.929 bits per heavy atom. The molecule has 0 bridgehead atoms. The lowest BCUT2D eigenvalue weighted by Crippen LogP contribution is -2.17. The quantitative estimate of drug-likeness (QED) is 0.150. The molecule has 0 N–H and O–H groups in total. The first-order valence-electron chi connectivity index (χ1n) is 30.2. The van der Waals surface area contributed by atoms with Crippen LogP contribution in [0.4, 0.5) is 0 Å². The average molecular weight is 1090 g/mol. The van der Waals surface area contributed by atoms with Gasteiger partial charge in [-0.3, -0.25) is 0 Å². The standard InChI is InChI=1S/C79H73N5/c1-44(2)52-31-35-69-60(39-52)61-40-53(45(3)4)32-36-70(61)83(69)77-74(73-50(10)48(8)47(7)49(9)51(73)11)78(84-71-37-33-54(46(5)6)41-62(71)63-42-55(79(12,13)14)34-38-72(63)84)76(82-67-29-21-17-25-58(67)59-26-18-22-30-68(59)82)64(43-80)75(77)81-65-27-19-15-23-56(65)57-24-16-20-28-66(57)81/h15-42,44-46H,1-14H3. The fraction of sp³-hybridized carbons (Fsp3) is 0.228. The van der Waals surface area contributed by atoms with Crippen LogP contribution in [-0.4, -0.2) is 18.3 Å². The van der Waals surface area contributed by atoms with Gasteiger partial charge in [-0.15, -0.1) is 0 Å². The third kappa shape index (κ3) is 7.58. The molecule has 0 fully saturated rings. The van der Waals surface area contributed by atoms with Crippen molar-refractivity contribution >= 4 is 87.2 Å². The minimum absolute atomic E-state index is 0.116. The molecule has 14 aromatic rings. The highest BCUT2D eigenvalue weighted by Gasteiger charge is 2.37. The van der Waals surface area contributed by atoms with Gasteiger partial charge < -0.3 is 18.3 Å². The van der Waals surface area contributed by atoms with Crippen molar-refractivity contribution in [2.75, 3.05) is 0 Å². The molecule has 4 heterocycles. The topological polar surface area (TPSA) is 43.5 Å². The van der Waals surface area contributed by atoms with E-state index >= 15 is 0 Å². The lowest BCUT2D eigenvalue weighted by atomic mass is 9.83. The predicted molar refractivity (Wildman–Crippen MR) is 359 cm³/mol. The SMILES string of the molecule is Cc1c(C)c(C)c(-c2c(-n3c4ccc(C(C)C)cc4c4cc(C(C)C)ccc43)c(-n3c4ccccc4c4ccccc43)c(C#N)c(-n3c4ccccc4c4ccccc43)c2-n2c3ccc(C(C)C)cc3c3cc(C(C)(C)C)ccc32)c(C)c1C. The normalized spacial score (nSPS) is 12.5. The molecule has 0 radical (unpaired) electrons. The Morgan fingerprint density at radius 2 is 0.607 bits per heavy atom. The van der Waals surface area contributed by atoms with Gasteiger partial charge in [-0.1, -0.05) is 159 Å². The van der Waals surface area contributed by atoms with Crippen LogP contribution in [0.15, 0.2) is 170 Å². The first-order chi connectivity index (χ1) is 40.4. The molecular weight excluding hydrogens is 1020 g/mol. The molecular formula is C79H73N5. The van der Waals surface area contributed by atoms with Gasteiger partial charge in [-0.2, -0.15) is 5.26 Å². The van der Waals surface area contributed by atoms with E-state index in [0.29, 0.717) is 23.3 Å². The zero-order valence-electron chi connectivity index (χ0n) is 51.1. The van der Waals surface area contributed by atoms with E-state index in [-0.39, 0.29) is 5.41 Å². The summed E-state index contributed by atoms with van der Waals surface area (Å²) in [5, 5.41) is 22.5. The van der Waals surface area contributed by atoms with Crippen LogP contribution in [-0.2, 0) is 5.41 Å². The molecule has 0 saturated heterocycles. The van der Waals surface area contributed by atoms with E-state index in [4.69, 9.17) is 0 Å². The summed E-state index contributed by atoms with van der Waals surface area (Å²) in [5.41, 5.74) is 26.1. The molecule has 0 spiro atoms. The van der Waals surface area contributed by atoms with Crippen molar-refractivity contribution in [3.05, 3.63) is 225 Å². The third-order valence-corrected chi connectivity index (χ3v) is 19.3. The van der Waals surface area contributed by atoms with Crippen LogP contribution >= 0.6 is 0 Å². The fourth-order valence-corrected chi connectivity index (χ4v) is 14.2. The Hall–Kier alpha value is -9.11. The van der Waals surface area contributed by atoms with Crippen LogP contribution in [0.2, 0.25) is 0 Å². The number of benzene rings is 10. The highest BCUT2D eigenvalue weighted by Crippen LogP contribution is 2.54. The van der Waals surface area contributed by atoms with Crippen molar-refractivity contribution in [1.82, 2.24) is 18.3 Å². The number of para-hydroxylation sites is 4. The second-order valence-electron chi connectivity index (χ2n) is 25.9. The van der Waals surface area contributed by atoms with Crippen LogP contribution in [0.5, 0.6) is 0 Å². The maximum atomic E-state index is 13.2. The summed E-state index contributed by atoms with van der Waals surface area (Å²) in [6.07, 6.45) is 0. The summed E-state index contributed by atoms with van der Waals surface area (Å²) >= 11 is 0. The maximum absolute atomic E-state index is 13.2. The number of hydrogen-bond acceptors (Lipinski definition) is 1. The van der Waals surface area contributed by atoms with Gasteiger partial charge in [-0.25, -0.2) is 0 Å². The zero-order valence-corrected chi connectivity index (χ0v) is 51.1. The van der Waals surface area contributed by atoms with Crippen LogP contribution in [0, 0.1) is 45.9 Å². The fourth-order valence-electron chi connectivity index (χ4n) is 14.2. The summed E-state index contributed by atoms with van der Waals surface area (Å²) in [5.74, 6) is 0.915. The zero-order chi connectivity index (χ0) is 58.5. The van der Waals surface area contributed by atoms with E-state index in [1.54, 1.807) is 0 Å². The molecule has 0 aliphatic rings. The van der Waals surface area contributed by atoms with Gasteiger partial charge in [0, 0.05) is 48.7 Å². The van der Waals surface area contributed by atoms with E-state index in [9.17, 15) is 5.26 Å². The van der Waals surface area contributed by atoms with Crippen molar-refractivity contribution in [1.29, 1.82) is 5.26 Å². The molecule has 0 aliphatic heterocycles. The molecule has 84 heavy (non-hydrogen) atoms. The highest BCUT2D eigenvalue weighted by molar-refractivity contribution is 6.17. The molecule has 14 rings (SSSR count). The molecule has 0 amide bonds. The molecule has 5 heteroatoms. The first-order valence-corrected chi connectivity index (χ1v) is 30.2. The van der Waals surface area contributed by atoms with Gasteiger partial charge >= 0.3 is 0 Å². The molecule has 0 atom stereocenters. The Bertz CT molecular complexity index is 4960. The average Bonchev–Trinajstić information content (AvgIpc) is 1.80. The molecule has 0 saturated carbocycles. The Kier molecular flexibility index (Phi) is 12.1. The summed E-state index contributed by atoms with van der Waals surface area (Å²) in [6.45, 7) is 32.4. The molecule has 0 unspecified atom stereocenters. The summed E-state index contributed by atoms with van der Waals surface area (Å²) in [6, 6.07) is 67.1. The van der Waals surface area contributed by atoms with Crippen LogP contribution in [0.25, 0.3) is 121 Å². The monoisotopic (exact) mass is 1090 g/mol. The van der Waals surface area contributed by atoms with E-state index in [0.717, 1.165) is 94.0 Å². The maximum Gasteiger partial charge on any atom is 0.104 e. The van der Waals surface area contributed by atoms with Gasteiger partial charge in [0.2, 0.25) is 0 Å². The summed E-state index contributed by atoms with van der Waals surface area (Å²) in [7, 11) is 0. The summed E-state index contributed by atoms with van der Waals surface area (Å²) < 4.78 is 10.1. The van der Waals surface area contributed by atoms with Crippen LogP contribution in [0.3, 0.4) is 0 Å². The van der Waals surface area contributed by atoms with Crippen LogP contribution in [0.1, 0.15) is 136 Å². The lowest BCUT2D eigenvalue weighted by Gasteiger charge is -2.31. The number of nitriles is 1. The van der Waals surface area contributed by atoms with Crippen molar-refractivity contribution < 1.29 is 0 Å². The minimum atomic E-state index is -0.116. The van der Waals surface area contributed by atoms with Crippen molar-refractivity contribution in [2.24, 2.45) is 0 Å². The number of rotatable bonds is 8. The number of nitrogens with zero attached hydrogens (tertiary/aromatic N) is 5. The smallest absolute Gasteiger partial charge is 0.104 e. The van der Waals surface area contributed by atoms with E-state index in [1.807, 2.05) is 0 Å². The lowest BCUT2D eigenvalue weighted by molar-refractivity contribution is 0.591. The predicted octanol–water partition coefficient (Wildman–Crippen LogP) is 21.8. The first kappa shape index (κ1) is 52.9. The summed E-state index contributed by atoms with van der Waals surface area (Å²) in [4.78, 5) is 0. The molecule has 5 nitrogen and oxygen atoms in total. The Morgan fingerprint density at radius 1 is 0.321 bits per heavy atom. The minimum Gasteiger partial charge on any atom is -0.306 e. The highest BCUT2D eigenvalue weighted by atomic mass is 15.1. The van der Waals surface area contributed by atoms with E-state index in [2.05, 4.69) is 291 Å². The van der Waals surface area contributed by atoms with Crippen LogP contribution < -0.4 is 0 Å². The number of aromatic nitrogens is 4. The third-order valence-electron chi connectivity index (χ3n) is 19.3. The Balaban J connectivity index is 1.39. The van der Waals surface area contributed by atoms with Gasteiger partial charge in [-0.05, 0) is 186 Å². The van der Waals surface area contributed by atoms with Crippen molar-refractivity contribution in [3.8, 4) is 39.9 Å². The van der Waals surface area contributed by atoms with E-state index < -0.39 is 0 Å². The van der Waals surface area contributed by atoms with E-state index in [1.165, 1.54) is 77.2 Å². The molecule has 4 aromatic heterocycles. The second kappa shape index (κ2) is 19.2. The van der Waals surface area contributed by atoms with Gasteiger partial charge in [0.1, 0.15) is 11.6 Å². The number of fused-ring (bicyclic) bond motifs is 12. The number of hydrogen-bond donors (Lipinski definition) is 0. The van der Waals surface area contributed by atoms with Gasteiger partial charge in [0.15, 0.2) is 0 Å². The van der Waals surface area contributed by atoms with Gasteiger partial charge in [0.25, 0.3) is 0 Å². The van der Waals surface area contributed by atoms with Crippen molar-refractivity contribution in [3.63, 3.8) is 0 Å². The van der Waals surface area contributed by atoms with Gasteiger partial charge in [0.05, 0.1) is 66.9 Å². The molecule has 0 aliphatic carbocycles. The Labute approximate surface area is 493 Å². The van der Waals surface area contributed by atoms with Crippen molar-refractivity contribution in [2.45, 2.75) is 120 Å². The molecule has 414 valence electrons. The second-order valence-corrected chi connectivity index (χ2v) is 25.9.